The number of allylic oxidation sites excluding steroid dienone is 2. The molecule has 47 heavy (non-hydrogen) atoms. The van der Waals surface area contributed by atoms with Crippen LogP contribution in [-0.4, -0.2) is 29.1 Å². The van der Waals surface area contributed by atoms with Crippen LogP contribution in [0.1, 0.15) is 79.7 Å². The van der Waals surface area contributed by atoms with Crippen LogP contribution in [0.15, 0.2) is 72.6 Å². The Labute approximate surface area is 303 Å². The maximum atomic E-state index is 11.7. The molecule has 0 aliphatic carbocycles. The molecule has 0 spiro atoms. The maximum absolute atomic E-state index is 11.7. The molecule has 0 bridgehead atoms. The SMILES string of the molecule is CC(C)(C)c1cc(-c2nccc3sc4c[c]([Ge]([CH3])([CH3])[CH3])ccc4c23)[c-]c2ccccc12.CCC(CC)C(=O)/C=C(\O)C(CC)CC.[Ir]. The number of rotatable bonds is 9. The van der Waals surface area contributed by atoms with Crippen molar-refractivity contribution in [1.29, 1.82) is 0 Å². The summed E-state index contributed by atoms with van der Waals surface area (Å²) in [4.78, 5) is 16.6. The fourth-order valence-corrected chi connectivity index (χ4v) is 9.94. The minimum Gasteiger partial charge on any atom is -0.512 e. The van der Waals surface area contributed by atoms with E-state index in [9.17, 15) is 9.90 Å². The van der Waals surface area contributed by atoms with Crippen molar-refractivity contribution >= 4 is 65.7 Å². The van der Waals surface area contributed by atoms with Gasteiger partial charge in [0.2, 0.25) is 0 Å². The first-order valence-corrected chi connectivity index (χ1v) is 25.1. The van der Waals surface area contributed by atoms with Crippen LogP contribution >= 0.6 is 11.3 Å². The van der Waals surface area contributed by atoms with E-state index in [2.05, 4.69) is 98.7 Å². The van der Waals surface area contributed by atoms with Crippen molar-refractivity contribution in [3.05, 3.63) is 84.3 Å². The first-order valence-electron chi connectivity index (χ1n) is 16.9. The molecule has 0 fully saturated rings. The summed E-state index contributed by atoms with van der Waals surface area (Å²) in [5.41, 5.74) is 3.52. The van der Waals surface area contributed by atoms with Crippen LogP contribution in [0.25, 0.3) is 42.2 Å². The Hall–Kier alpha value is -2.31. The molecule has 0 unspecified atom stereocenters. The van der Waals surface area contributed by atoms with E-state index in [0.717, 1.165) is 42.3 Å². The average molecular weight is 888 g/mol. The molecule has 3 aromatic carbocycles. The second kappa shape index (κ2) is 16.4. The fourth-order valence-electron chi connectivity index (χ4n) is 6.15. The van der Waals surface area contributed by atoms with E-state index in [1.165, 1.54) is 37.2 Å². The molecule has 0 saturated heterocycles. The van der Waals surface area contributed by atoms with Crippen molar-refractivity contribution in [2.75, 3.05) is 0 Å². The van der Waals surface area contributed by atoms with E-state index >= 15 is 0 Å². The molecule has 5 rings (SSSR count). The smallest absolute Gasteiger partial charge is 0.162 e. The van der Waals surface area contributed by atoms with Crippen molar-refractivity contribution < 1.29 is 30.0 Å². The second-order valence-corrected chi connectivity index (χ2v) is 26.2. The number of ketones is 1. The van der Waals surface area contributed by atoms with E-state index in [1.807, 2.05) is 45.2 Å². The number of thiophene rings is 1. The van der Waals surface area contributed by atoms with E-state index in [1.54, 1.807) is 4.40 Å². The van der Waals surface area contributed by atoms with E-state index < -0.39 is 13.3 Å². The van der Waals surface area contributed by atoms with Crippen molar-refractivity contribution in [2.45, 2.75) is 96.8 Å². The standard InChI is InChI=1S/C28H28GeNS.C13H24O2.Ir/c1-28(2,3)23-16-19(15-18-9-7-8-10-21(18)23)27-26-22-12-11-20(29(4,5)6)17-25(22)31-24(26)13-14-30-27;1-5-10(6-2)12(14)9-13(15)11(7-3)8-4;/h7-14,16-17H,1-6H3;9-11,14H,5-8H2,1-4H3;/q-1;;/b;12-9-;. The first-order chi connectivity index (χ1) is 21.7. The number of nitrogens with zero attached hydrogens (tertiary/aromatic N) is 1. The quantitative estimate of drug-likeness (QED) is 0.0694. The van der Waals surface area contributed by atoms with Gasteiger partial charge in [-0.25, -0.2) is 0 Å². The van der Waals surface area contributed by atoms with Gasteiger partial charge in [-0.1, -0.05) is 27.7 Å². The Morgan fingerprint density at radius 1 is 0.894 bits per heavy atom. The van der Waals surface area contributed by atoms with Crippen molar-refractivity contribution in [1.82, 2.24) is 4.98 Å². The molecule has 0 atom stereocenters. The number of hydrogen-bond acceptors (Lipinski definition) is 4. The summed E-state index contributed by atoms with van der Waals surface area (Å²) in [7, 11) is 0. The van der Waals surface area contributed by atoms with Crippen LogP contribution in [0.2, 0.25) is 17.3 Å². The molecule has 0 aliphatic heterocycles. The molecule has 0 saturated carbocycles. The van der Waals surface area contributed by atoms with Gasteiger partial charge in [0.25, 0.3) is 0 Å². The van der Waals surface area contributed by atoms with Gasteiger partial charge < -0.3 is 5.11 Å². The molecule has 2 heterocycles. The van der Waals surface area contributed by atoms with Gasteiger partial charge in [-0.3, -0.25) is 4.79 Å². The van der Waals surface area contributed by atoms with Crippen LogP contribution in [0.5, 0.6) is 0 Å². The third-order valence-corrected chi connectivity index (χ3v) is 14.6. The topological polar surface area (TPSA) is 50.2 Å². The van der Waals surface area contributed by atoms with Crippen LogP contribution in [0.4, 0.5) is 0 Å². The second-order valence-electron chi connectivity index (χ2n) is 14.5. The van der Waals surface area contributed by atoms with Gasteiger partial charge in [0, 0.05) is 38.0 Å². The summed E-state index contributed by atoms with van der Waals surface area (Å²) in [5.74, 6) is 7.92. The number of benzene rings is 3. The summed E-state index contributed by atoms with van der Waals surface area (Å²) in [5, 5.41) is 14.8. The van der Waals surface area contributed by atoms with Gasteiger partial charge in [-0.2, -0.15) is 0 Å². The van der Waals surface area contributed by atoms with Crippen LogP contribution in [-0.2, 0) is 30.3 Å². The van der Waals surface area contributed by atoms with E-state index in [-0.39, 0.29) is 48.9 Å². The zero-order valence-corrected chi connectivity index (χ0v) is 35.2. The summed E-state index contributed by atoms with van der Waals surface area (Å²) in [6, 6.07) is 23.9. The summed E-state index contributed by atoms with van der Waals surface area (Å²) >= 11 is 0.0179. The Kier molecular flexibility index (Phi) is 13.7. The van der Waals surface area contributed by atoms with Gasteiger partial charge in [-0.05, 0) is 25.7 Å². The van der Waals surface area contributed by atoms with Gasteiger partial charge in [0.05, 0.1) is 5.76 Å². The number of pyridine rings is 1. The monoisotopic (exact) mass is 889 g/mol. The molecule has 253 valence electrons. The number of aromatic nitrogens is 1. The Morgan fingerprint density at radius 2 is 1.53 bits per heavy atom. The number of aliphatic hydroxyl groups excluding tert-OH is 1. The van der Waals surface area contributed by atoms with Gasteiger partial charge in [0.1, 0.15) is 0 Å². The normalized spacial score (nSPS) is 12.5. The van der Waals surface area contributed by atoms with Crippen LogP contribution in [0.3, 0.4) is 0 Å². The average Bonchev–Trinajstić information content (AvgIpc) is 3.39. The zero-order chi connectivity index (χ0) is 33.8. The Balaban J connectivity index is 0.000000322. The molecule has 0 amide bonds. The minimum absolute atomic E-state index is 0. The number of carbonyl (C=O) groups excluding carboxylic acids is 1. The van der Waals surface area contributed by atoms with E-state index in [4.69, 9.17) is 4.98 Å². The fraction of sp³-hybridized carbons (Fsp3) is 0.415. The summed E-state index contributed by atoms with van der Waals surface area (Å²) in [6.45, 7) is 14.9. The van der Waals surface area contributed by atoms with Crippen LogP contribution in [0, 0.1) is 17.9 Å². The third-order valence-electron chi connectivity index (χ3n) is 9.17. The van der Waals surface area contributed by atoms with E-state index in [0.29, 0.717) is 0 Å². The number of aliphatic hydroxyl groups is 1. The molecule has 6 heteroatoms. The van der Waals surface area contributed by atoms with Gasteiger partial charge in [0.15, 0.2) is 5.78 Å². The molecule has 2 aromatic heterocycles. The van der Waals surface area contributed by atoms with Crippen molar-refractivity contribution in [2.24, 2.45) is 11.8 Å². The number of carbonyl (C=O) groups is 1. The summed E-state index contributed by atoms with van der Waals surface area (Å²) in [6.07, 6.45) is 6.86. The predicted octanol–water partition coefficient (Wildman–Crippen LogP) is 11.8. The molecule has 0 aliphatic rings. The van der Waals surface area contributed by atoms with Gasteiger partial charge in [-0.15, -0.1) is 0 Å². The Bertz CT molecular complexity index is 1850. The van der Waals surface area contributed by atoms with Crippen molar-refractivity contribution in [3.63, 3.8) is 0 Å². The van der Waals surface area contributed by atoms with Crippen LogP contribution < -0.4 is 4.40 Å². The maximum Gasteiger partial charge on any atom is 0.162 e. The molecule has 1 radical (unpaired) electrons. The zero-order valence-electron chi connectivity index (χ0n) is 29.9. The Morgan fingerprint density at radius 3 is 2.13 bits per heavy atom. The predicted molar refractivity (Wildman–Crippen MR) is 204 cm³/mol. The molecule has 5 aromatic rings. The third kappa shape index (κ3) is 9.03. The van der Waals surface area contributed by atoms with Crippen molar-refractivity contribution in [3.8, 4) is 11.3 Å². The minimum atomic E-state index is -1.87. The largest absolute Gasteiger partial charge is 0.512 e. The molecular weight excluding hydrogens is 835 g/mol. The first kappa shape index (κ1) is 39.1. The molecular formula is C41H52GeIrNO2S-. The molecule has 3 nitrogen and oxygen atoms in total. The van der Waals surface area contributed by atoms with Gasteiger partial charge >= 0.3 is 192 Å². The molecule has 1 N–H and O–H groups in total. The number of fused-ring (bicyclic) bond motifs is 4. The number of hydrogen-bond donors (Lipinski definition) is 1. The summed E-state index contributed by atoms with van der Waals surface area (Å²) < 4.78 is 4.23.